The molecule has 6 nitrogen and oxygen atoms in total. The van der Waals surface area contributed by atoms with Crippen molar-refractivity contribution in [2.45, 2.75) is 45.6 Å². The summed E-state index contributed by atoms with van der Waals surface area (Å²) in [4.78, 5) is 21.3. The highest BCUT2D eigenvalue weighted by atomic mass is 35.5. The number of amides is 1. The average molecular weight is 448 g/mol. The van der Waals surface area contributed by atoms with Crippen LogP contribution in [0.3, 0.4) is 0 Å². The number of nitrogens with one attached hydrogen (secondary N) is 1. The van der Waals surface area contributed by atoms with Crippen LogP contribution in [-0.4, -0.2) is 25.7 Å². The molecule has 4 aromatic rings. The first-order valence-electron chi connectivity index (χ1n) is 10.5. The number of hydrogen-bond acceptors (Lipinski definition) is 4. The Hall–Kier alpha value is -3.25. The predicted octanol–water partition coefficient (Wildman–Crippen LogP) is 5.19. The molecule has 32 heavy (non-hydrogen) atoms. The number of halogens is 1. The Morgan fingerprint density at radius 2 is 1.97 bits per heavy atom. The van der Waals surface area contributed by atoms with Gasteiger partial charge < -0.3 is 5.32 Å². The Kier molecular flexibility index (Phi) is 5.98. The monoisotopic (exact) mass is 447 g/mol. The van der Waals surface area contributed by atoms with E-state index in [0.717, 1.165) is 33.5 Å². The molecular weight excluding hydrogens is 422 g/mol. The standard InChI is InChI=1S/C25H26ClN5O/c1-16(17-8-9-22-18(10-17)13-27-15-29-22)24(32)28-14-21-12-23(25(2,3)4)30-31(21)20-7-5-6-19(26)11-20/h5-13,15-16H,14H2,1-4H3,(H,28,32). The van der Waals surface area contributed by atoms with Crippen LogP contribution in [0.1, 0.15) is 50.6 Å². The highest BCUT2D eigenvalue weighted by molar-refractivity contribution is 6.30. The van der Waals surface area contributed by atoms with E-state index in [1.54, 1.807) is 6.20 Å². The quantitative estimate of drug-likeness (QED) is 0.457. The Morgan fingerprint density at radius 1 is 1.16 bits per heavy atom. The van der Waals surface area contributed by atoms with Gasteiger partial charge in [0, 0.05) is 22.0 Å². The zero-order valence-corrected chi connectivity index (χ0v) is 19.4. The normalized spacial score (nSPS) is 12.7. The molecule has 0 aliphatic heterocycles. The predicted molar refractivity (Wildman–Crippen MR) is 127 cm³/mol. The first kappa shape index (κ1) is 22.0. The van der Waals surface area contributed by atoms with E-state index >= 15 is 0 Å². The molecular formula is C25H26ClN5O. The number of nitrogens with zero attached hydrogens (tertiary/aromatic N) is 4. The van der Waals surface area contributed by atoms with Gasteiger partial charge in [-0.05, 0) is 48.9 Å². The number of carbonyl (C=O) groups excluding carboxylic acids is 1. The van der Waals surface area contributed by atoms with Crippen LogP contribution in [0.5, 0.6) is 0 Å². The van der Waals surface area contributed by atoms with Crippen molar-refractivity contribution in [2.24, 2.45) is 0 Å². The van der Waals surface area contributed by atoms with Gasteiger partial charge in [0.2, 0.25) is 5.91 Å². The van der Waals surface area contributed by atoms with Crippen molar-refractivity contribution in [1.82, 2.24) is 25.1 Å². The zero-order chi connectivity index (χ0) is 22.9. The number of hydrogen-bond donors (Lipinski definition) is 1. The van der Waals surface area contributed by atoms with Gasteiger partial charge in [-0.25, -0.2) is 14.6 Å². The highest BCUT2D eigenvalue weighted by Crippen LogP contribution is 2.25. The van der Waals surface area contributed by atoms with Gasteiger partial charge in [-0.1, -0.05) is 44.5 Å². The van der Waals surface area contributed by atoms with Crippen LogP contribution in [0, 0.1) is 0 Å². The smallest absolute Gasteiger partial charge is 0.227 e. The number of carbonyl (C=O) groups is 1. The maximum atomic E-state index is 13.0. The van der Waals surface area contributed by atoms with E-state index in [-0.39, 0.29) is 17.2 Å². The minimum atomic E-state index is -0.316. The van der Waals surface area contributed by atoms with E-state index in [4.69, 9.17) is 16.7 Å². The summed E-state index contributed by atoms with van der Waals surface area (Å²) in [5.41, 5.74) is 4.36. The van der Waals surface area contributed by atoms with Crippen LogP contribution >= 0.6 is 11.6 Å². The summed E-state index contributed by atoms with van der Waals surface area (Å²) in [6.07, 6.45) is 3.28. The van der Waals surface area contributed by atoms with Crippen LogP contribution in [0.15, 0.2) is 61.1 Å². The molecule has 1 amide bonds. The van der Waals surface area contributed by atoms with Crippen LogP contribution in [-0.2, 0) is 16.8 Å². The van der Waals surface area contributed by atoms with E-state index < -0.39 is 0 Å². The van der Waals surface area contributed by atoms with Gasteiger partial charge >= 0.3 is 0 Å². The lowest BCUT2D eigenvalue weighted by Crippen LogP contribution is -2.28. The second-order valence-electron chi connectivity index (χ2n) is 8.94. The van der Waals surface area contributed by atoms with Gasteiger partial charge in [0.25, 0.3) is 0 Å². The second kappa shape index (κ2) is 8.71. The molecule has 7 heteroatoms. The molecule has 1 N–H and O–H groups in total. The third-order valence-electron chi connectivity index (χ3n) is 5.47. The molecule has 0 bridgehead atoms. The van der Waals surface area contributed by atoms with E-state index in [1.165, 1.54) is 6.33 Å². The summed E-state index contributed by atoms with van der Waals surface area (Å²) in [6.45, 7) is 8.60. The third kappa shape index (κ3) is 4.65. The fraction of sp³-hybridized carbons (Fsp3) is 0.280. The zero-order valence-electron chi connectivity index (χ0n) is 18.6. The van der Waals surface area contributed by atoms with Gasteiger partial charge in [0.15, 0.2) is 0 Å². The lowest BCUT2D eigenvalue weighted by Gasteiger charge is -2.14. The summed E-state index contributed by atoms with van der Waals surface area (Å²) < 4.78 is 1.85. The van der Waals surface area contributed by atoms with Gasteiger partial charge in [0.1, 0.15) is 6.33 Å². The van der Waals surface area contributed by atoms with Crippen molar-refractivity contribution >= 4 is 28.4 Å². The molecule has 0 radical (unpaired) electrons. The molecule has 0 fully saturated rings. The average Bonchev–Trinajstić information content (AvgIpc) is 3.21. The maximum Gasteiger partial charge on any atom is 0.227 e. The fourth-order valence-corrected chi connectivity index (χ4v) is 3.68. The van der Waals surface area contributed by atoms with E-state index in [0.29, 0.717) is 11.6 Å². The molecule has 2 aromatic heterocycles. The van der Waals surface area contributed by atoms with E-state index in [2.05, 4.69) is 36.1 Å². The third-order valence-corrected chi connectivity index (χ3v) is 5.71. The van der Waals surface area contributed by atoms with Gasteiger partial charge in [-0.3, -0.25) is 4.79 Å². The maximum absolute atomic E-state index is 13.0. The molecule has 164 valence electrons. The highest BCUT2D eigenvalue weighted by Gasteiger charge is 2.22. The summed E-state index contributed by atoms with van der Waals surface area (Å²) in [7, 11) is 0. The molecule has 1 atom stereocenters. The number of aromatic nitrogens is 4. The Bertz CT molecular complexity index is 1270. The van der Waals surface area contributed by atoms with Crippen LogP contribution < -0.4 is 5.32 Å². The van der Waals surface area contributed by atoms with Crippen LogP contribution in [0.25, 0.3) is 16.6 Å². The van der Waals surface area contributed by atoms with Crippen molar-refractivity contribution in [3.63, 3.8) is 0 Å². The molecule has 2 aromatic carbocycles. The molecule has 4 rings (SSSR count). The van der Waals surface area contributed by atoms with Crippen molar-refractivity contribution in [1.29, 1.82) is 0 Å². The summed E-state index contributed by atoms with van der Waals surface area (Å²) >= 11 is 6.20. The summed E-state index contributed by atoms with van der Waals surface area (Å²) in [6, 6.07) is 15.4. The molecule has 0 saturated heterocycles. The molecule has 0 aliphatic rings. The number of rotatable bonds is 5. The summed E-state index contributed by atoms with van der Waals surface area (Å²) in [5.74, 6) is -0.374. The first-order chi connectivity index (χ1) is 15.2. The number of benzene rings is 2. The van der Waals surface area contributed by atoms with Crippen molar-refractivity contribution in [3.05, 3.63) is 83.0 Å². The Morgan fingerprint density at radius 3 is 2.72 bits per heavy atom. The van der Waals surface area contributed by atoms with Crippen molar-refractivity contribution in [2.75, 3.05) is 0 Å². The second-order valence-corrected chi connectivity index (χ2v) is 9.38. The molecule has 0 spiro atoms. The minimum Gasteiger partial charge on any atom is -0.350 e. The Balaban J connectivity index is 1.56. The first-order valence-corrected chi connectivity index (χ1v) is 10.9. The van der Waals surface area contributed by atoms with Crippen LogP contribution in [0.4, 0.5) is 0 Å². The van der Waals surface area contributed by atoms with Gasteiger partial charge in [0.05, 0.1) is 35.1 Å². The largest absolute Gasteiger partial charge is 0.350 e. The van der Waals surface area contributed by atoms with Crippen LogP contribution in [0.2, 0.25) is 5.02 Å². The lowest BCUT2D eigenvalue weighted by molar-refractivity contribution is -0.122. The van der Waals surface area contributed by atoms with E-state index in [1.807, 2.05) is 60.1 Å². The molecule has 1 unspecified atom stereocenters. The molecule has 0 saturated carbocycles. The van der Waals surface area contributed by atoms with Crippen molar-refractivity contribution in [3.8, 4) is 5.69 Å². The summed E-state index contributed by atoms with van der Waals surface area (Å²) in [5, 5.41) is 9.43. The SMILES string of the molecule is CC(C(=O)NCc1cc(C(C)(C)C)nn1-c1cccc(Cl)c1)c1ccc2ncncc2c1. The Labute approximate surface area is 192 Å². The van der Waals surface area contributed by atoms with Gasteiger partial charge in [-0.15, -0.1) is 0 Å². The van der Waals surface area contributed by atoms with Crippen molar-refractivity contribution < 1.29 is 4.79 Å². The minimum absolute atomic E-state index is 0.0580. The topological polar surface area (TPSA) is 72.7 Å². The van der Waals surface area contributed by atoms with E-state index in [9.17, 15) is 4.79 Å². The molecule has 2 heterocycles. The number of fused-ring (bicyclic) bond motifs is 1. The fourth-order valence-electron chi connectivity index (χ4n) is 3.50. The lowest BCUT2D eigenvalue weighted by atomic mass is 9.92. The molecule has 0 aliphatic carbocycles. The van der Waals surface area contributed by atoms with Gasteiger partial charge in [-0.2, -0.15) is 5.10 Å².